The first-order valence-electron chi connectivity index (χ1n) is 6.99. The molecule has 0 atom stereocenters. The second-order valence-electron chi connectivity index (χ2n) is 5.28. The minimum atomic E-state index is -0.294. The third kappa shape index (κ3) is 2.82. The van der Waals surface area contributed by atoms with Crippen LogP contribution in [0.25, 0.3) is 10.2 Å². The maximum atomic E-state index is 12.4. The zero-order chi connectivity index (χ0) is 15.0. The highest BCUT2D eigenvalue weighted by atomic mass is 35.5. The van der Waals surface area contributed by atoms with Crippen molar-refractivity contribution in [2.24, 2.45) is 0 Å². The lowest BCUT2D eigenvalue weighted by Gasteiger charge is -2.21. The number of nitrogens with zero attached hydrogens (tertiary/aromatic N) is 2. The predicted molar refractivity (Wildman–Crippen MR) is 83.9 cm³/mol. The van der Waals surface area contributed by atoms with Gasteiger partial charge in [0.25, 0.3) is 0 Å². The Morgan fingerprint density at radius 3 is 2.76 bits per heavy atom. The molecule has 0 amide bonds. The number of aromatic nitrogens is 2. The molecule has 1 aliphatic carbocycles. The molecule has 0 saturated heterocycles. The molecular formula is C14H16ClN3O2S. The van der Waals surface area contributed by atoms with Crippen molar-refractivity contribution in [3.63, 3.8) is 0 Å². The fourth-order valence-corrected chi connectivity index (χ4v) is 4.02. The Balaban J connectivity index is 1.91. The minimum absolute atomic E-state index is 0.0304. The predicted octanol–water partition coefficient (Wildman–Crippen LogP) is 3.72. The molecule has 0 radical (unpaired) electrons. The number of rotatable bonds is 2. The largest absolute Gasteiger partial charge is 0.458 e. The molecule has 0 unspecified atom stereocenters. The summed E-state index contributed by atoms with van der Waals surface area (Å²) in [5, 5.41) is 0.786. The van der Waals surface area contributed by atoms with Crippen molar-refractivity contribution >= 4 is 44.9 Å². The third-order valence-electron chi connectivity index (χ3n) is 3.80. The SMILES string of the molecule is Cc1c(C(=O)OC2CCCCC2)sc2nc(Cl)nc(N)c12. The van der Waals surface area contributed by atoms with E-state index < -0.39 is 0 Å². The van der Waals surface area contributed by atoms with Gasteiger partial charge in [-0.25, -0.2) is 14.8 Å². The van der Waals surface area contributed by atoms with Gasteiger partial charge in [-0.05, 0) is 49.8 Å². The quantitative estimate of drug-likeness (QED) is 0.672. The van der Waals surface area contributed by atoms with Gasteiger partial charge in [0.15, 0.2) is 0 Å². The van der Waals surface area contributed by atoms with Crippen LogP contribution >= 0.6 is 22.9 Å². The number of anilines is 1. The van der Waals surface area contributed by atoms with Gasteiger partial charge in [0.1, 0.15) is 21.6 Å². The van der Waals surface area contributed by atoms with E-state index in [1.165, 1.54) is 17.8 Å². The van der Waals surface area contributed by atoms with Gasteiger partial charge < -0.3 is 10.5 Å². The average Bonchev–Trinajstić information content (AvgIpc) is 2.77. The van der Waals surface area contributed by atoms with Crippen molar-refractivity contribution in [2.45, 2.75) is 45.1 Å². The summed E-state index contributed by atoms with van der Waals surface area (Å²) in [5.74, 6) is 0.00777. The fraction of sp³-hybridized carbons (Fsp3) is 0.500. The molecular weight excluding hydrogens is 310 g/mol. The van der Waals surface area contributed by atoms with E-state index in [1.807, 2.05) is 6.92 Å². The van der Waals surface area contributed by atoms with Crippen LogP contribution in [-0.2, 0) is 4.74 Å². The summed E-state index contributed by atoms with van der Waals surface area (Å²) in [6, 6.07) is 0. The number of halogens is 1. The molecule has 3 rings (SSSR count). The van der Waals surface area contributed by atoms with Crippen LogP contribution in [0.5, 0.6) is 0 Å². The molecule has 2 heterocycles. The van der Waals surface area contributed by atoms with Crippen LogP contribution < -0.4 is 5.73 Å². The van der Waals surface area contributed by atoms with E-state index in [0.717, 1.165) is 31.2 Å². The van der Waals surface area contributed by atoms with E-state index in [-0.39, 0.29) is 17.4 Å². The van der Waals surface area contributed by atoms with Crippen molar-refractivity contribution < 1.29 is 9.53 Å². The van der Waals surface area contributed by atoms with E-state index in [4.69, 9.17) is 22.1 Å². The maximum absolute atomic E-state index is 12.4. The molecule has 112 valence electrons. The number of esters is 1. The molecule has 2 aromatic rings. The average molecular weight is 326 g/mol. The standard InChI is InChI=1S/C14H16ClN3O2S/c1-7-9-11(16)17-14(15)18-12(9)21-10(7)13(19)20-8-5-3-2-4-6-8/h8H,2-6H2,1H3,(H2,16,17,18). The highest BCUT2D eigenvalue weighted by Gasteiger charge is 2.24. The van der Waals surface area contributed by atoms with Crippen LogP contribution in [0.1, 0.15) is 47.3 Å². The van der Waals surface area contributed by atoms with Gasteiger partial charge in [-0.1, -0.05) is 6.42 Å². The number of hydrogen-bond donors (Lipinski definition) is 1. The summed E-state index contributed by atoms with van der Waals surface area (Å²) in [4.78, 5) is 21.6. The first-order valence-corrected chi connectivity index (χ1v) is 8.19. The highest BCUT2D eigenvalue weighted by Crippen LogP contribution is 2.34. The lowest BCUT2D eigenvalue weighted by Crippen LogP contribution is -2.20. The van der Waals surface area contributed by atoms with Crippen LogP contribution in [0.4, 0.5) is 5.82 Å². The zero-order valence-corrected chi connectivity index (χ0v) is 13.3. The molecule has 5 nitrogen and oxygen atoms in total. The Morgan fingerprint density at radius 1 is 1.33 bits per heavy atom. The molecule has 0 aliphatic heterocycles. The number of nitrogens with two attached hydrogens (primary N) is 1. The smallest absolute Gasteiger partial charge is 0.348 e. The Hall–Kier alpha value is -1.40. The van der Waals surface area contributed by atoms with Crippen molar-refractivity contribution in [3.05, 3.63) is 15.7 Å². The molecule has 0 bridgehead atoms. The molecule has 7 heteroatoms. The van der Waals surface area contributed by atoms with Gasteiger partial charge in [0.2, 0.25) is 5.28 Å². The maximum Gasteiger partial charge on any atom is 0.348 e. The van der Waals surface area contributed by atoms with E-state index in [0.29, 0.717) is 20.9 Å². The number of ether oxygens (including phenoxy) is 1. The van der Waals surface area contributed by atoms with Crippen molar-refractivity contribution in [3.8, 4) is 0 Å². The summed E-state index contributed by atoms with van der Waals surface area (Å²) in [7, 11) is 0. The Morgan fingerprint density at radius 2 is 2.05 bits per heavy atom. The summed E-state index contributed by atoms with van der Waals surface area (Å²) >= 11 is 7.07. The summed E-state index contributed by atoms with van der Waals surface area (Å²) in [5.41, 5.74) is 6.64. The minimum Gasteiger partial charge on any atom is -0.458 e. The van der Waals surface area contributed by atoms with E-state index in [1.54, 1.807) is 0 Å². The van der Waals surface area contributed by atoms with Crippen LogP contribution in [0.2, 0.25) is 5.28 Å². The van der Waals surface area contributed by atoms with Crippen molar-refractivity contribution in [1.29, 1.82) is 0 Å². The number of fused-ring (bicyclic) bond motifs is 1. The summed E-state index contributed by atoms with van der Waals surface area (Å²) in [6.07, 6.45) is 5.39. The van der Waals surface area contributed by atoms with E-state index in [2.05, 4.69) is 9.97 Å². The number of nitrogen functional groups attached to an aromatic ring is 1. The molecule has 1 aliphatic rings. The normalized spacial score (nSPS) is 16.3. The Bertz CT molecular complexity index is 695. The Kier molecular flexibility index (Phi) is 3.99. The summed E-state index contributed by atoms with van der Waals surface area (Å²) in [6.45, 7) is 1.84. The van der Waals surface area contributed by atoms with Crippen LogP contribution in [0, 0.1) is 6.92 Å². The van der Waals surface area contributed by atoms with E-state index >= 15 is 0 Å². The monoisotopic (exact) mass is 325 g/mol. The van der Waals surface area contributed by atoms with Crippen LogP contribution in [-0.4, -0.2) is 22.0 Å². The van der Waals surface area contributed by atoms with E-state index in [9.17, 15) is 4.79 Å². The lowest BCUT2D eigenvalue weighted by atomic mass is 9.98. The number of carbonyl (C=O) groups is 1. The number of carbonyl (C=O) groups excluding carboxylic acids is 1. The Labute approximate surface area is 131 Å². The number of thiophene rings is 1. The number of aryl methyl sites for hydroxylation is 1. The zero-order valence-electron chi connectivity index (χ0n) is 11.7. The molecule has 21 heavy (non-hydrogen) atoms. The fourth-order valence-electron chi connectivity index (χ4n) is 2.73. The van der Waals surface area contributed by atoms with Crippen LogP contribution in [0.3, 0.4) is 0 Å². The van der Waals surface area contributed by atoms with Crippen molar-refractivity contribution in [2.75, 3.05) is 5.73 Å². The molecule has 0 spiro atoms. The second-order valence-corrected chi connectivity index (χ2v) is 6.62. The van der Waals surface area contributed by atoms with Gasteiger partial charge in [0.05, 0.1) is 5.39 Å². The molecule has 2 N–H and O–H groups in total. The molecule has 0 aromatic carbocycles. The van der Waals surface area contributed by atoms with Gasteiger partial charge in [-0.15, -0.1) is 11.3 Å². The van der Waals surface area contributed by atoms with Crippen molar-refractivity contribution in [1.82, 2.24) is 9.97 Å². The number of hydrogen-bond acceptors (Lipinski definition) is 6. The first kappa shape index (κ1) is 14.5. The molecule has 1 fully saturated rings. The van der Waals surface area contributed by atoms with Gasteiger partial charge in [0, 0.05) is 0 Å². The summed E-state index contributed by atoms with van der Waals surface area (Å²) < 4.78 is 5.61. The third-order valence-corrected chi connectivity index (χ3v) is 5.14. The topological polar surface area (TPSA) is 78.1 Å². The first-order chi connectivity index (χ1) is 10.1. The van der Waals surface area contributed by atoms with Gasteiger partial charge in [-0.2, -0.15) is 0 Å². The highest BCUT2D eigenvalue weighted by molar-refractivity contribution is 7.20. The lowest BCUT2D eigenvalue weighted by molar-refractivity contribution is 0.0216. The van der Waals surface area contributed by atoms with Gasteiger partial charge >= 0.3 is 5.97 Å². The molecule has 2 aromatic heterocycles. The second kappa shape index (κ2) is 5.77. The molecule has 1 saturated carbocycles. The van der Waals surface area contributed by atoms with Crippen LogP contribution in [0.15, 0.2) is 0 Å². The van der Waals surface area contributed by atoms with Gasteiger partial charge in [-0.3, -0.25) is 0 Å².